The summed E-state index contributed by atoms with van der Waals surface area (Å²) in [6, 6.07) is 19.7. The number of aromatic nitrogens is 1. The van der Waals surface area contributed by atoms with Crippen LogP contribution in [0.4, 0.5) is 0 Å². The maximum atomic E-state index is 12.7. The molecule has 26 heavy (non-hydrogen) atoms. The first-order valence-electron chi connectivity index (χ1n) is 8.68. The van der Waals surface area contributed by atoms with E-state index in [2.05, 4.69) is 24.3 Å². The third-order valence-corrected chi connectivity index (χ3v) is 4.25. The van der Waals surface area contributed by atoms with E-state index in [1.807, 2.05) is 66.2 Å². The first-order chi connectivity index (χ1) is 12.7. The molecule has 0 N–H and O–H groups in total. The Morgan fingerprint density at radius 2 is 1.88 bits per heavy atom. The molecule has 1 heterocycles. The normalized spacial score (nSPS) is 11.2. The zero-order valence-electron chi connectivity index (χ0n) is 15.2. The number of nitrogens with zero attached hydrogens (tertiary/aromatic N) is 1. The molecule has 3 heteroatoms. The smallest absolute Gasteiger partial charge is 0.209 e. The van der Waals surface area contributed by atoms with Gasteiger partial charge in [0.15, 0.2) is 0 Å². The molecule has 3 aromatic rings. The molecule has 0 amide bonds. The van der Waals surface area contributed by atoms with Crippen molar-refractivity contribution >= 4 is 11.9 Å². The van der Waals surface area contributed by atoms with Crippen LogP contribution in [0.2, 0.25) is 0 Å². The van der Waals surface area contributed by atoms with Crippen LogP contribution in [0.1, 0.15) is 32.7 Å². The van der Waals surface area contributed by atoms with E-state index in [4.69, 9.17) is 4.74 Å². The Hall–Kier alpha value is -2.91. The molecule has 3 nitrogen and oxygen atoms in total. The molecule has 0 aliphatic rings. The number of allylic oxidation sites excluding steroid dienone is 1. The van der Waals surface area contributed by atoms with Gasteiger partial charge in [0.05, 0.1) is 12.3 Å². The van der Waals surface area contributed by atoms with Crippen molar-refractivity contribution in [3.63, 3.8) is 0 Å². The van der Waals surface area contributed by atoms with Crippen LogP contribution in [-0.2, 0) is 17.9 Å². The van der Waals surface area contributed by atoms with E-state index >= 15 is 0 Å². The van der Waals surface area contributed by atoms with Gasteiger partial charge in [-0.2, -0.15) is 0 Å². The first-order valence-corrected chi connectivity index (χ1v) is 8.68. The fourth-order valence-electron chi connectivity index (χ4n) is 2.89. The van der Waals surface area contributed by atoms with Gasteiger partial charge in [-0.1, -0.05) is 60.2 Å². The number of carbonyl (C=O) groups is 1. The molecule has 0 saturated heterocycles. The number of ether oxygens (including phenoxy) is 1. The van der Waals surface area contributed by atoms with Crippen molar-refractivity contribution in [1.82, 2.24) is 4.57 Å². The van der Waals surface area contributed by atoms with Crippen molar-refractivity contribution in [3.05, 3.63) is 101 Å². The molecule has 2 aromatic carbocycles. The van der Waals surface area contributed by atoms with E-state index in [-0.39, 0.29) is 5.78 Å². The Morgan fingerprint density at radius 1 is 1.08 bits per heavy atom. The highest BCUT2D eigenvalue weighted by molar-refractivity contribution is 6.08. The molecule has 0 aliphatic carbocycles. The van der Waals surface area contributed by atoms with Crippen molar-refractivity contribution in [3.8, 4) is 0 Å². The number of carbonyl (C=O) groups excluding carboxylic acids is 1. The lowest BCUT2D eigenvalue weighted by Crippen LogP contribution is -2.09. The fourth-order valence-corrected chi connectivity index (χ4v) is 2.89. The predicted molar refractivity (Wildman–Crippen MR) is 105 cm³/mol. The average Bonchev–Trinajstić information content (AvgIpc) is 3.11. The van der Waals surface area contributed by atoms with Gasteiger partial charge in [0, 0.05) is 25.4 Å². The molecular weight excluding hydrogens is 322 g/mol. The monoisotopic (exact) mass is 345 g/mol. The second kappa shape index (κ2) is 8.45. The molecule has 0 bridgehead atoms. The van der Waals surface area contributed by atoms with Crippen molar-refractivity contribution in [2.24, 2.45) is 0 Å². The molecule has 0 saturated carbocycles. The molecule has 0 atom stereocenters. The number of rotatable bonds is 7. The number of aryl methyl sites for hydroxylation is 1. The number of benzene rings is 2. The Bertz CT molecular complexity index is 904. The average molecular weight is 345 g/mol. The molecule has 132 valence electrons. The van der Waals surface area contributed by atoms with E-state index in [1.165, 1.54) is 0 Å². The molecular formula is C23H23NO2. The van der Waals surface area contributed by atoms with Crippen LogP contribution in [0, 0.1) is 6.92 Å². The number of hydrogen-bond donors (Lipinski definition) is 0. The maximum absolute atomic E-state index is 12.7. The minimum Gasteiger partial charge on any atom is -0.380 e. The van der Waals surface area contributed by atoms with E-state index in [9.17, 15) is 4.79 Å². The zero-order valence-corrected chi connectivity index (χ0v) is 15.2. The molecule has 3 rings (SSSR count). The molecule has 0 radical (unpaired) electrons. The lowest BCUT2D eigenvalue weighted by molar-refractivity contribution is 0.103. The Balaban J connectivity index is 1.72. The highest BCUT2D eigenvalue weighted by Gasteiger charge is 2.12. The highest BCUT2D eigenvalue weighted by atomic mass is 16.5. The van der Waals surface area contributed by atoms with Crippen LogP contribution in [-0.4, -0.2) is 17.5 Å². The first kappa shape index (κ1) is 17.9. The SMILES string of the molecule is COCc1cccc(/C=C/Cn2cccc2C(=O)c2ccc(C)cc2)c1. The third-order valence-electron chi connectivity index (χ3n) is 4.25. The van der Waals surface area contributed by atoms with Gasteiger partial charge in [-0.25, -0.2) is 0 Å². The predicted octanol–water partition coefficient (Wildman–Crippen LogP) is 4.89. The van der Waals surface area contributed by atoms with Crippen molar-refractivity contribution in [2.75, 3.05) is 7.11 Å². The zero-order chi connectivity index (χ0) is 18.4. The van der Waals surface area contributed by atoms with Gasteiger partial charge in [0.1, 0.15) is 0 Å². The largest absolute Gasteiger partial charge is 0.380 e. The van der Waals surface area contributed by atoms with Crippen molar-refractivity contribution in [1.29, 1.82) is 0 Å². The summed E-state index contributed by atoms with van der Waals surface area (Å²) < 4.78 is 7.14. The molecule has 0 fully saturated rings. The summed E-state index contributed by atoms with van der Waals surface area (Å²) in [5, 5.41) is 0. The van der Waals surface area contributed by atoms with Crippen LogP contribution < -0.4 is 0 Å². The Kier molecular flexibility index (Phi) is 5.82. The van der Waals surface area contributed by atoms with Crippen LogP contribution >= 0.6 is 0 Å². The van der Waals surface area contributed by atoms with Gasteiger partial charge in [-0.15, -0.1) is 0 Å². The quantitative estimate of drug-likeness (QED) is 0.571. The third kappa shape index (κ3) is 4.38. The Labute approximate surface area is 154 Å². The van der Waals surface area contributed by atoms with Gasteiger partial charge < -0.3 is 9.30 Å². The van der Waals surface area contributed by atoms with Crippen molar-refractivity contribution in [2.45, 2.75) is 20.1 Å². The van der Waals surface area contributed by atoms with Gasteiger partial charge in [-0.05, 0) is 36.2 Å². The summed E-state index contributed by atoms with van der Waals surface area (Å²) in [5.41, 5.74) is 4.83. The number of methoxy groups -OCH3 is 1. The van der Waals surface area contributed by atoms with Crippen molar-refractivity contribution < 1.29 is 9.53 Å². The van der Waals surface area contributed by atoms with Crippen LogP contribution in [0.5, 0.6) is 0 Å². The second-order valence-corrected chi connectivity index (χ2v) is 6.32. The molecule has 1 aromatic heterocycles. The van der Waals surface area contributed by atoms with E-state index in [1.54, 1.807) is 7.11 Å². The lowest BCUT2D eigenvalue weighted by Gasteiger charge is -2.07. The number of ketones is 1. The van der Waals surface area contributed by atoms with E-state index < -0.39 is 0 Å². The van der Waals surface area contributed by atoms with E-state index in [0.717, 1.165) is 16.7 Å². The maximum Gasteiger partial charge on any atom is 0.209 e. The summed E-state index contributed by atoms with van der Waals surface area (Å²) in [7, 11) is 1.70. The summed E-state index contributed by atoms with van der Waals surface area (Å²) >= 11 is 0. The molecule has 0 spiro atoms. The standard InChI is InChI=1S/C23H23NO2/c1-18-10-12-21(13-11-18)23(25)22-9-5-15-24(22)14-4-8-19-6-3-7-20(16-19)17-26-2/h3-13,15-16H,14,17H2,1-2H3/b8-4+. The van der Waals surface area contributed by atoms with Crippen LogP contribution in [0.25, 0.3) is 6.08 Å². The topological polar surface area (TPSA) is 31.2 Å². The number of hydrogen-bond acceptors (Lipinski definition) is 2. The summed E-state index contributed by atoms with van der Waals surface area (Å²) in [6.07, 6.45) is 6.07. The second-order valence-electron chi connectivity index (χ2n) is 6.32. The van der Waals surface area contributed by atoms with Gasteiger partial charge in [0.2, 0.25) is 5.78 Å². The summed E-state index contributed by atoms with van der Waals surface area (Å²) in [5.74, 6) is 0.0468. The van der Waals surface area contributed by atoms with Gasteiger partial charge >= 0.3 is 0 Å². The molecule has 0 unspecified atom stereocenters. The van der Waals surface area contributed by atoms with Gasteiger partial charge in [-0.3, -0.25) is 4.79 Å². The summed E-state index contributed by atoms with van der Waals surface area (Å²) in [4.78, 5) is 12.7. The minimum absolute atomic E-state index is 0.0468. The summed E-state index contributed by atoms with van der Waals surface area (Å²) in [6.45, 7) is 3.27. The molecule has 0 aliphatic heterocycles. The minimum atomic E-state index is 0.0468. The van der Waals surface area contributed by atoms with E-state index in [0.29, 0.717) is 24.4 Å². The lowest BCUT2D eigenvalue weighted by atomic mass is 10.1. The van der Waals surface area contributed by atoms with Crippen LogP contribution in [0.15, 0.2) is 72.9 Å². The van der Waals surface area contributed by atoms with Gasteiger partial charge in [0.25, 0.3) is 0 Å². The van der Waals surface area contributed by atoms with Crippen LogP contribution in [0.3, 0.4) is 0 Å². The highest BCUT2D eigenvalue weighted by Crippen LogP contribution is 2.13. The fraction of sp³-hybridized carbons (Fsp3) is 0.174. The Morgan fingerprint density at radius 3 is 2.65 bits per heavy atom.